The zero-order valence-electron chi connectivity index (χ0n) is 41.8. The Labute approximate surface area is 386 Å². The molecule has 0 heterocycles. The Balaban J connectivity index is 4.32. The van der Waals surface area contributed by atoms with Crippen LogP contribution in [0.1, 0.15) is 297 Å². The van der Waals surface area contributed by atoms with E-state index in [4.69, 9.17) is 4.74 Å². The molecule has 3 atom stereocenters. The van der Waals surface area contributed by atoms with E-state index in [1.165, 1.54) is 180 Å². The molecule has 0 bridgehead atoms. The van der Waals surface area contributed by atoms with Gasteiger partial charge in [0.1, 0.15) is 6.10 Å². The van der Waals surface area contributed by atoms with Crippen LogP contribution >= 0.6 is 0 Å². The van der Waals surface area contributed by atoms with Crippen molar-refractivity contribution in [2.45, 2.75) is 315 Å². The molecule has 0 fully saturated rings. The molecule has 3 unspecified atom stereocenters. The summed E-state index contributed by atoms with van der Waals surface area (Å²) >= 11 is 0. The van der Waals surface area contributed by atoms with Crippen LogP contribution in [-0.2, 0) is 14.3 Å². The smallest absolute Gasteiger partial charge is 0.306 e. The molecule has 0 saturated heterocycles. The topological polar surface area (TPSA) is 95.9 Å². The van der Waals surface area contributed by atoms with Gasteiger partial charge in [-0.15, -0.1) is 0 Å². The van der Waals surface area contributed by atoms with Crippen LogP contribution in [0.4, 0.5) is 0 Å². The van der Waals surface area contributed by atoms with Crippen LogP contribution in [0.25, 0.3) is 0 Å². The molecule has 0 aromatic heterocycles. The highest BCUT2D eigenvalue weighted by atomic mass is 16.5. The second-order valence-corrected chi connectivity index (χ2v) is 19.0. The first kappa shape index (κ1) is 60.3. The largest absolute Gasteiger partial charge is 0.462 e. The number of rotatable bonds is 50. The molecule has 366 valence electrons. The molecule has 0 radical (unpaired) electrons. The average molecular weight is 874 g/mol. The molecular weight excluding hydrogens is 767 g/mol. The van der Waals surface area contributed by atoms with Gasteiger partial charge in [0, 0.05) is 6.42 Å². The number of allylic oxidation sites excluding steroid dienone is 4. The van der Waals surface area contributed by atoms with Crippen LogP contribution in [-0.4, -0.2) is 46.9 Å². The zero-order valence-corrected chi connectivity index (χ0v) is 41.8. The highest BCUT2D eigenvalue weighted by Crippen LogP contribution is 2.18. The maximum absolute atomic E-state index is 13.2. The van der Waals surface area contributed by atoms with Gasteiger partial charge in [-0.1, -0.05) is 238 Å². The molecule has 6 nitrogen and oxygen atoms in total. The van der Waals surface area contributed by atoms with Crippen LogP contribution < -0.4 is 5.32 Å². The average Bonchev–Trinajstić information content (AvgIpc) is 3.26. The van der Waals surface area contributed by atoms with E-state index >= 15 is 0 Å². The van der Waals surface area contributed by atoms with Crippen molar-refractivity contribution in [3.8, 4) is 0 Å². The number of unbranched alkanes of at least 4 members (excludes halogenated alkanes) is 34. The summed E-state index contributed by atoms with van der Waals surface area (Å²) in [5.74, 6) is -0.483. The zero-order chi connectivity index (χ0) is 45.2. The Morgan fingerprint density at radius 3 is 1.23 bits per heavy atom. The Morgan fingerprint density at radius 2 is 0.806 bits per heavy atom. The fourth-order valence-corrected chi connectivity index (χ4v) is 8.55. The van der Waals surface area contributed by atoms with Crippen molar-refractivity contribution >= 4 is 11.9 Å². The summed E-state index contributed by atoms with van der Waals surface area (Å²) in [4.78, 5) is 26.1. The highest BCUT2D eigenvalue weighted by Gasteiger charge is 2.24. The Kier molecular flexibility index (Phi) is 49.0. The fraction of sp³-hybridized carbons (Fsp3) is 0.893. The third kappa shape index (κ3) is 44.9. The summed E-state index contributed by atoms with van der Waals surface area (Å²) in [5.41, 5.74) is 0. The Hall–Kier alpha value is -1.66. The van der Waals surface area contributed by atoms with Crippen molar-refractivity contribution in [3.05, 3.63) is 24.3 Å². The van der Waals surface area contributed by atoms with Gasteiger partial charge in [0.15, 0.2) is 0 Å². The van der Waals surface area contributed by atoms with Gasteiger partial charge in [-0.2, -0.15) is 0 Å². The first-order valence-corrected chi connectivity index (χ1v) is 27.6. The van der Waals surface area contributed by atoms with Crippen molar-refractivity contribution in [1.82, 2.24) is 5.32 Å². The van der Waals surface area contributed by atoms with E-state index in [1.807, 2.05) is 0 Å². The molecule has 0 aliphatic heterocycles. The van der Waals surface area contributed by atoms with Crippen LogP contribution in [0.2, 0.25) is 0 Å². The third-order valence-corrected chi connectivity index (χ3v) is 12.7. The number of nitrogens with one attached hydrogen (secondary N) is 1. The maximum atomic E-state index is 13.2. The number of carbonyl (C=O) groups is 2. The van der Waals surface area contributed by atoms with E-state index in [0.29, 0.717) is 19.3 Å². The molecule has 6 heteroatoms. The third-order valence-electron chi connectivity index (χ3n) is 12.7. The summed E-state index contributed by atoms with van der Waals surface area (Å²) in [6, 6.07) is -0.702. The minimum Gasteiger partial charge on any atom is -0.462 e. The van der Waals surface area contributed by atoms with E-state index in [-0.39, 0.29) is 24.9 Å². The molecule has 0 saturated carbocycles. The summed E-state index contributed by atoms with van der Waals surface area (Å²) < 4.78 is 5.91. The van der Waals surface area contributed by atoms with Gasteiger partial charge in [0.2, 0.25) is 5.91 Å². The molecule has 0 aromatic carbocycles. The normalized spacial score (nSPS) is 13.3. The molecule has 3 N–H and O–H groups in total. The molecule has 1 amide bonds. The van der Waals surface area contributed by atoms with Crippen molar-refractivity contribution in [3.63, 3.8) is 0 Å². The van der Waals surface area contributed by atoms with Gasteiger partial charge < -0.3 is 20.3 Å². The number of carbonyl (C=O) groups excluding carboxylic acids is 2. The van der Waals surface area contributed by atoms with Gasteiger partial charge in [0.25, 0.3) is 0 Å². The number of hydrogen-bond acceptors (Lipinski definition) is 5. The second-order valence-electron chi connectivity index (χ2n) is 19.0. The van der Waals surface area contributed by atoms with Crippen molar-refractivity contribution in [2.24, 2.45) is 0 Å². The van der Waals surface area contributed by atoms with Gasteiger partial charge >= 0.3 is 5.97 Å². The predicted octanol–water partition coefficient (Wildman–Crippen LogP) is 16.7. The summed E-state index contributed by atoms with van der Waals surface area (Å²) in [5, 5.41) is 23.8. The standard InChI is InChI=1S/C56H107NO5/c1-4-7-10-13-16-19-21-23-25-27-28-29-31-33-35-37-40-43-46-49-56(61)62-52(47-44-41-38-18-15-12-9-6-3)50-55(60)57-53(51-58)54(59)48-45-42-39-36-34-32-30-26-24-22-20-17-14-11-8-5-2/h12,15,23,25,52-54,58-59H,4-11,13-14,16-22,24,26-51H2,1-3H3,(H,57,60)/b15-12-,25-23+. The lowest BCUT2D eigenvalue weighted by Gasteiger charge is -2.24. The van der Waals surface area contributed by atoms with Gasteiger partial charge in [0.05, 0.1) is 25.2 Å². The summed E-state index contributed by atoms with van der Waals surface area (Å²) in [6.07, 6.45) is 58.3. The van der Waals surface area contributed by atoms with E-state index in [9.17, 15) is 19.8 Å². The minimum absolute atomic E-state index is 0.0693. The number of hydrogen-bond donors (Lipinski definition) is 3. The lowest BCUT2D eigenvalue weighted by atomic mass is 10.0. The summed E-state index contributed by atoms with van der Waals surface area (Å²) in [6.45, 7) is 6.43. The first-order valence-electron chi connectivity index (χ1n) is 27.6. The minimum atomic E-state index is -0.788. The molecule has 62 heavy (non-hydrogen) atoms. The van der Waals surface area contributed by atoms with E-state index in [0.717, 1.165) is 70.6 Å². The summed E-state index contributed by atoms with van der Waals surface area (Å²) in [7, 11) is 0. The number of aliphatic hydroxyl groups excluding tert-OH is 2. The number of aliphatic hydroxyl groups is 2. The number of amides is 1. The fourth-order valence-electron chi connectivity index (χ4n) is 8.55. The van der Waals surface area contributed by atoms with Crippen LogP contribution in [0.15, 0.2) is 24.3 Å². The molecule has 0 aromatic rings. The van der Waals surface area contributed by atoms with Crippen LogP contribution in [0.5, 0.6) is 0 Å². The number of ether oxygens (including phenoxy) is 1. The van der Waals surface area contributed by atoms with Crippen molar-refractivity contribution in [1.29, 1.82) is 0 Å². The van der Waals surface area contributed by atoms with Gasteiger partial charge in [-0.3, -0.25) is 9.59 Å². The molecule has 0 spiro atoms. The molecule has 0 aliphatic rings. The lowest BCUT2D eigenvalue weighted by molar-refractivity contribution is -0.151. The van der Waals surface area contributed by atoms with Crippen molar-refractivity contribution in [2.75, 3.05) is 6.61 Å². The number of esters is 1. The first-order chi connectivity index (χ1) is 30.5. The Bertz CT molecular complexity index is 981. The molecule has 0 aliphatic carbocycles. The highest BCUT2D eigenvalue weighted by molar-refractivity contribution is 5.77. The van der Waals surface area contributed by atoms with E-state index < -0.39 is 18.2 Å². The van der Waals surface area contributed by atoms with Crippen molar-refractivity contribution < 1.29 is 24.5 Å². The Morgan fingerprint density at radius 1 is 0.452 bits per heavy atom. The SMILES string of the molecule is CCC/C=C\CCCCCC(CC(=O)NC(CO)C(O)CCCCCCCCCCCCCCCCCC)OC(=O)CCCCCCCCCCC/C=C/CCCCCCCC. The van der Waals surface area contributed by atoms with Crippen LogP contribution in [0, 0.1) is 0 Å². The maximum Gasteiger partial charge on any atom is 0.306 e. The van der Waals surface area contributed by atoms with E-state index in [2.05, 4.69) is 50.4 Å². The van der Waals surface area contributed by atoms with Gasteiger partial charge in [-0.05, 0) is 70.6 Å². The van der Waals surface area contributed by atoms with Gasteiger partial charge in [-0.25, -0.2) is 0 Å². The van der Waals surface area contributed by atoms with E-state index in [1.54, 1.807) is 0 Å². The quantitative estimate of drug-likeness (QED) is 0.0321. The predicted molar refractivity (Wildman–Crippen MR) is 269 cm³/mol. The molecule has 0 rings (SSSR count). The second kappa shape index (κ2) is 50.3. The monoisotopic (exact) mass is 874 g/mol. The van der Waals surface area contributed by atoms with Crippen LogP contribution in [0.3, 0.4) is 0 Å². The molecular formula is C56H107NO5. The lowest BCUT2D eigenvalue weighted by Crippen LogP contribution is -2.46.